The maximum absolute atomic E-state index is 13.2. The second-order valence-electron chi connectivity index (χ2n) is 8.64. The Morgan fingerprint density at radius 2 is 1.73 bits per heavy atom. The van der Waals surface area contributed by atoms with Crippen molar-refractivity contribution < 1.29 is 23.7 Å². The van der Waals surface area contributed by atoms with Crippen LogP contribution in [-0.4, -0.2) is 43.0 Å². The molecule has 1 aliphatic rings. The highest BCUT2D eigenvalue weighted by atomic mass is 16.6. The Bertz CT molecular complexity index is 1470. The summed E-state index contributed by atoms with van der Waals surface area (Å²) in [6.07, 6.45) is 0. The number of hydrogen-bond donors (Lipinski definition) is 2. The Hall–Kier alpha value is -4.70. The average Bonchev–Trinajstić information content (AvgIpc) is 3.35. The number of aryl methyl sites for hydroxylation is 1. The van der Waals surface area contributed by atoms with Crippen LogP contribution in [0.5, 0.6) is 0 Å². The van der Waals surface area contributed by atoms with E-state index in [4.69, 9.17) is 9.15 Å². The van der Waals surface area contributed by atoms with Crippen molar-refractivity contribution in [3.8, 4) is 0 Å². The molecule has 188 valence electrons. The quantitative estimate of drug-likeness (QED) is 0.282. The molecule has 0 unspecified atom stereocenters. The first-order valence-corrected chi connectivity index (χ1v) is 11.7. The van der Waals surface area contributed by atoms with Crippen molar-refractivity contribution in [1.29, 1.82) is 0 Å². The summed E-state index contributed by atoms with van der Waals surface area (Å²) >= 11 is 0. The Balaban J connectivity index is 1.34. The van der Waals surface area contributed by atoms with Gasteiger partial charge in [-0.2, -0.15) is 0 Å². The van der Waals surface area contributed by atoms with Crippen LogP contribution in [0.15, 0.2) is 71.1 Å². The second kappa shape index (κ2) is 10.1. The number of rotatable bonds is 6. The topological polar surface area (TPSA) is 127 Å². The number of hydrogen-bond acceptors (Lipinski definition) is 7. The lowest BCUT2D eigenvalue weighted by atomic mass is 10.1. The summed E-state index contributed by atoms with van der Waals surface area (Å²) in [6.45, 7) is 3.99. The van der Waals surface area contributed by atoms with Crippen LogP contribution in [0.25, 0.3) is 11.0 Å². The number of anilines is 3. The lowest BCUT2D eigenvalue weighted by Gasteiger charge is -2.30. The number of amides is 2. The van der Waals surface area contributed by atoms with Gasteiger partial charge >= 0.3 is 0 Å². The Labute approximate surface area is 212 Å². The predicted octanol–water partition coefficient (Wildman–Crippen LogP) is 4.99. The molecule has 37 heavy (non-hydrogen) atoms. The van der Waals surface area contributed by atoms with Gasteiger partial charge in [-0.3, -0.25) is 19.7 Å². The van der Waals surface area contributed by atoms with E-state index in [1.54, 1.807) is 43.3 Å². The van der Waals surface area contributed by atoms with E-state index >= 15 is 0 Å². The molecule has 0 saturated carbocycles. The molecule has 2 heterocycles. The van der Waals surface area contributed by atoms with Gasteiger partial charge in [0.25, 0.3) is 17.5 Å². The number of nitrogens with zero attached hydrogens (tertiary/aromatic N) is 2. The first kappa shape index (κ1) is 24.0. The first-order chi connectivity index (χ1) is 17.9. The molecule has 0 atom stereocenters. The van der Waals surface area contributed by atoms with Crippen molar-refractivity contribution in [3.63, 3.8) is 0 Å². The van der Waals surface area contributed by atoms with Crippen LogP contribution in [0, 0.1) is 17.0 Å². The van der Waals surface area contributed by atoms with Gasteiger partial charge in [-0.05, 0) is 48.9 Å². The number of nitrogens with one attached hydrogen (secondary N) is 2. The molecule has 5 rings (SSSR count). The third kappa shape index (κ3) is 5.14. The van der Waals surface area contributed by atoms with Gasteiger partial charge in [0.15, 0.2) is 5.76 Å². The minimum absolute atomic E-state index is 0.165. The highest BCUT2D eigenvalue weighted by Crippen LogP contribution is 2.28. The zero-order chi connectivity index (χ0) is 25.9. The number of morpholine rings is 1. The number of ether oxygens (including phenoxy) is 1. The summed E-state index contributed by atoms with van der Waals surface area (Å²) < 4.78 is 11.0. The highest BCUT2D eigenvalue weighted by Gasteiger charge is 2.22. The van der Waals surface area contributed by atoms with Crippen molar-refractivity contribution in [3.05, 3.63) is 93.7 Å². The van der Waals surface area contributed by atoms with Crippen LogP contribution in [0.3, 0.4) is 0 Å². The summed E-state index contributed by atoms with van der Waals surface area (Å²) in [4.78, 5) is 38.7. The fourth-order valence-electron chi connectivity index (χ4n) is 4.26. The van der Waals surface area contributed by atoms with Crippen molar-refractivity contribution in [2.75, 3.05) is 41.8 Å². The fraction of sp³-hybridized carbons (Fsp3) is 0.185. The molecule has 1 fully saturated rings. The SMILES string of the molecule is Cc1cc(NC(=O)c2cc([N+](=O)[O-])ccc2N2CCOCC2)ccc1NC(=O)c1cc2ccccc2o1. The third-order valence-corrected chi connectivity index (χ3v) is 6.17. The number of para-hydroxylation sites is 1. The predicted molar refractivity (Wildman–Crippen MR) is 139 cm³/mol. The molecule has 1 aliphatic heterocycles. The molecule has 2 N–H and O–H groups in total. The van der Waals surface area contributed by atoms with Crippen molar-refractivity contribution in [1.82, 2.24) is 0 Å². The Kier molecular flexibility index (Phi) is 6.57. The summed E-state index contributed by atoms with van der Waals surface area (Å²) in [6, 6.07) is 18.4. The number of nitro groups is 1. The summed E-state index contributed by atoms with van der Waals surface area (Å²) in [5.41, 5.74) is 3.04. The third-order valence-electron chi connectivity index (χ3n) is 6.17. The van der Waals surface area contributed by atoms with E-state index in [9.17, 15) is 19.7 Å². The van der Waals surface area contributed by atoms with E-state index in [0.29, 0.717) is 48.9 Å². The normalized spacial score (nSPS) is 13.4. The van der Waals surface area contributed by atoms with Gasteiger partial charge in [-0.15, -0.1) is 0 Å². The molecule has 3 aromatic carbocycles. The molecule has 10 nitrogen and oxygen atoms in total. The summed E-state index contributed by atoms with van der Waals surface area (Å²) in [5.74, 6) is -0.661. The van der Waals surface area contributed by atoms with Crippen LogP contribution < -0.4 is 15.5 Å². The molecular formula is C27H24N4O6. The van der Waals surface area contributed by atoms with Crippen molar-refractivity contribution in [2.24, 2.45) is 0 Å². The van der Waals surface area contributed by atoms with Crippen LogP contribution in [-0.2, 0) is 4.74 Å². The second-order valence-corrected chi connectivity index (χ2v) is 8.64. The number of nitro benzene ring substituents is 1. The highest BCUT2D eigenvalue weighted by molar-refractivity contribution is 6.09. The smallest absolute Gasteiger partial charge is 0.291 e. The molecule has 2 amide bonds. The number of non-ortho nitro benzene ring substituents is 1. The van der Waals surface area contributed by atoms with Crippen LogP contribution >= 0.6 is 0 Å². The first-order valence-electron chi connectivity index (χ1n) is 11.7. The monoisotopic (exact) mass is 500 g/mol. The lowest BCUT2D eigenvalue weighted by molar-refractivity contribution is -0.384. The maximum Gasteiger partial charge on any atom is 0.291 e. The van der Waals surface area contributed by atoms with E-state index in [0.717, 1.165) is 10.9 Å². The minimum atomic E-state index is -0.524. The summed E-state index contributed by atoms with van der Waals surface area (Å²) in [7, 11) is 0. The Morgan fingerprint density at radius 3 is 2.46 bits per heavy atom. The van der Waals surface area contributed by atoms with E-state index in [2.05, 4.69) is 10.6 Å². The van der Waals surface area contributed by atoms with E-state index < -0.39 is 10.8 Å². The van der Waals surface area contributed by atoms with Gasteiger partial charge in [0.05, 0.1) is 29.4 Å². The van der Waals surface area contributed by atoms with Crippen molar-refractivity contribution in [2.45, 2.75) is 6.92 Å². The maximum atomic E-state index is 13.2. The number of furan rings is 1. The molecule has 4 aromatic rings. The standard InChI is InChI=1S/C27H24N4O6/c1-17-14-19(6-8-22(17)29-27(33)25-15-18-4-2-3-5-24(18)37-25)28-26(32)21-16-20(31(34)35)7-9-23(21)30-10-12-36-13-11-30/h2-9,14-16H,10-13H2,1H3,(H,28,32)(H,29,33). The lowest BCUT2D eigenvalue weighted by Crippen LogP contribution is -2.37. The number of fused-ring (bicyclic) bond motifs is 1. The van der Waals surface area contributed by atoms with Crippen molar-refractivity contribution >= 4 is 45.5 Å². The van der Waals surface area contributed by atoms with E-state index in [-0.39, 0.29) is 22.9 Å². The van der Waals surface area contributed by atoms with Gasteiger partial charge in [0, 0.05) is 42.0 Å². The van der Waals surface area contributed by atoms with Crippen LogP contribution in [0.4, 0.5) is 22.7 Å². The van der Waals surface area contributed by atoms with Gasteiger partial charge in [0.1, 0.15) is 5.58 Å². The van der Waals surface area contributed by atoms with Gasteiger partial charge < -0.3 is 24.7 Å². The van der Waals surface area contributed by atoms with Crippen LogP contribution in [0.2, 0.25) is 0 Å². The molecule has 0 spiro atoms. The van der Waals surface area contributed by atoms with Crippen LogP contribution in [0.1, 0.15) is 26.5 Å². The molecule has 1 aromatic heterocycles. The zero-order valence-corrected chi connectivity index (χ0v) is 20.0. The molecule has 0 radical (unpaired) electrons. The molecule has 0 bridgehead atoms. The minimum Gasteiger partial charge on any atom is -0.451 e. The van der Waals surface area contributed by atoms with E-state index in [1.165, 1.54) is 12.1 Å². The molecule has 10 heteroatoms. The average molecular weight is 501 g/mol. The molecule has 1 saturated heterocycles. The van der Waals surface area contributed by atoms with Gasteiger partial charge in [-0.1, -0.05) is 18.2 Å². The van der Waals surface area contributed by atoms with Gasteiger partial charge in [-0.25, -0.2) is 0 Å². The van der Waals surface area contributed by atoms with Gasteiger partial charge in [0.2, 0.25) is 0 Å². The Morgan fingerprint density at radius 1 is 0.946 bits per heavy atom. The zero-order valence-electron chi connectivity index (χ0n) is 20.0. The molecular weight excluding hydrogens is 476 g/mol. The largest absolute Gasteiger partial charge is 0.451 e. The fourth-order valence-corrected chi connectivity index (χ4v) is 4.26. The molecule has 0 aliphatic carbocycles. The van der Waals surface area contributed by atoms with E-state index in [1.807, 2.05) is 23.1 Å². The summed E-state index contributed by atoms with van der Waals surface area (Å²) in [5, 5.41) is 17.8. The number of benzene rings is 3. The number of carbonyl (C=O) groups is 2. The number of carbonyl (C=O) groups excluding carboxylic acids is 2.